The number of ketones is 1. The van der Waals surface area contributed by atoms with Gasteiger partial charge in [0, 0.05) is 0 Å². The predicted octanol–water partition coefficient (Wildman–Crippen LogP) is 9.12. The van der Waals surface area contributed by atoms with Gasteiger partial charge >= 0.3 is 222 Å². The Labute approximate surface area is 241 Å². The number of rotatable bonds is 7. The van der Waals surface area contributed by atoms with Gasteiger partial charge in [0.1, 0.15) is 0 Å². The molecule has 39 heavy (non-hydrogen) atoms. The van der Waals surface area contributed by atoms with E-state index in [1.165, 1.54) is 69.9 Å². The van der Waals surface area contributed by atoms with E-state index in [1.54, 1.807) is 12.1 Å². The van der Waals surface area contributed by atoms with Crippen LogP contribution in [0.1, 0.15) is 111 Å². The molecule has 0 aromatic heterocycles. The van der Waals surface area contributed by atoms with Crippen LogP contribution in [0.2, 0.25) is 4.82 Å². The molecule has 1 aromatic rings. The van der Waals surface area contributed by atoms with Gasteiger partial charge in [-0.2, -0.15) is 0 Å². The van der Waals surface area contributed by atoms with Gasteiger partial charge < -0.3 is 0 Å². The zero-order valence-corrected chi connectivity index (χ0v) is 26.4. The topological polar surface area (TPSA) is 17.1 Å². The molecule has 4 aliphatic rings. The van der Waals surface area contributed by atoms with Crippen molar-refractivity contribution in [1.82, 2.24) is 0 Å². The van der Waals surface area contributed by atoms with E-state index in [9.17, 15) is 18.0 Å². The molecule has 0 unspecified atom stereocenters. The Kier molecular flexibility index (Phi) is 8.47. The zero-order valence-electron chi connectivity index (χ0n) is 24.7. The van der Waals surface area contributed by atoms with Crippen molar-refractivity contribution in [3.8, 4) is 0 Å². The van der Waals surface area contributed by atoms with Crippen molar-refractivity contribution in [3.63, 3.8) is 0 Å². The summed E-state index contributed by atoms with van der Waals surface area (Å²) in [5.41, 5.74) is 0.0566. The Bertz CT molecular complexity index is 1020. The second-order valence-electron chi connectivity index (χ2n) is 14.7. The number of hydrogen-bond donors (Lipinski definition) is 0. The molecule has 0 bridgehead atoms. The SMILES string of the molecule is CC(C)CCC[C@@H](C)[C@H]1CC[C@H]2[C@@H]3CC[C@H]4CC(=O)[C@H]([Se]c5ccc(C(F)(F)F)cc5)C[C@]4(C)[C@H]3CC[C@]12C. The summed E-state index contributed by atoms with van der Waals surface area (Å²) in [5, 5.41) is 0. The fourth-order valence-corrected chi connectivity index (χ4v) is 12.8. The van der Waals surface area contributed by atoms with Crippen molar-refractivity contribution in [3.05, 3.63) is 29.8 Å². The summed E-state index contributed by atoms with van der Waals surface area (Å²) in [6.45, 7) is 12.3. The third-order valence-electron chi connectivity index (χ3n) is 12.2. The molecule has 0 heterocycles. The first-order valence-electron chi connectivity index (χ1n) is 15.7. The first-order chi connectivity index (χ1) is 18.3. The van der Waals surface area contributed by atoms with E-state index in [2.05, 4.69) is 34.6 Å². The molecule has 5 rings (SSSR count). The van der Waals surface area contributed by atoms with Crippen LogP contribution >= 0.6 is 0 Å². The Morgan fingerprint density at radius 2 is 1.62 bits per heavy atom. The van der Waals surface area contributed by atoms with E-state index < -0.39 is 11.7 Å². The van der Waals surface area contributed by atoms with Crippen LogP contribution in [0.3, 0.4) is 0 Å². The van der Waals surface area contributed by atoms with Crippen molar-refractivity contribution in [2.75, 3.05) is 0 Å². The fourth-order valence-electron chi connectivity index (χ4n) is 10.1. The molecule has 218 valence electrons. The monoisotopic (exact) mass is 610 g/mol. The van der Waals surface area contributed by atoms with Crippen LogP contribution in [0.4, 0.5) is 13.2 Å². The van der Waals surface area contributed by atoms with Gasteiger partial charge in [0.25, 0.3) is 0 Å². The van der Waals surface area contributed by atoms with Crippen LogP contribution in [0.5, 0.6) is 0 Å². The molecule has 4 saturated carbocycles. The first-order valence-corrected chi connectivity index (χ1v) is 17.5. The quantitative estimate of drug-likeness (QED) is 0.282. The molecular formula is C34H49F3OSe. The van der Waals surface area contributed by atoms with E-state index in [0.717, 1.165) is 40.5 Å². The van der Waals surface area contributed by atoms with Crippen LogP contribution in [0.15, 0.2) is 24.3 Å². The van der Waals surface area contributed by atoms with Crippen molar-refractivity contribution < 1.29 is 18.0 Å². The van der Waals surface area contributed by atoms with Crippen LogP contribution in [-0.4, -0.2) is 20.7 Å². The molecular weight excluding hydrogens is 560 g/mol. The fraction of sp³-hybridized carbons (Fsp3) is 0.794. The van der Waals surface area contributed by atoms with Crippen LogP contribution in [-0.2, 0) is 11.0 Å². The van der Waals surface area contributed by atoms with Crippen LogP contribution in [0.25, 0.3) is 0 Å². The molecule has 0 N–H and O–H groups in total. The molecule has 0 radical (unpaired) electrons. The minimum absolute atomic E-state index is 0.000136. The average molecular weight is 610 g/mol. The second kappa shape index (κ2) is 11.1. The summed E-state index contributed by atoms with van der Waals surface area (Å²) in [6.07, 6.45) is 9.28. The number of fused-ring (bicyclic) bond motifs is 5. The van der Waals surface area contributed by atoms with Crippen LogP contribution in [0, 0.1) is 52.3 Å². The van der Waals surface area contributed by atoms with E-state index in [0.29, 0.717) is 29.5 Å². The van der Waals surface area contributed by atoms with E-state index >= 15 is 0 Å². The molecule has 0 aliphatic heterocycles. The van der Waals surface area contributed by atoms with Gasteiger partial charge in [-0.15, -0.1) is 0 Å². The minimum atomic E-state index is -4.31. The predicted molar refractivity (Wildman–Crippen MR) is 154 cm³/mol. The summed E-state index contributed by atoms with van der Waals surface area (Å²) in [4.78, 5) is 13.3. The van der Waals surface area contributed by atoms with Crippen LogP contribution < -0.4 is 4.46 Å². The normalized spacial score (nSPS) is 39.3. The van der Waals surface area contributed by atoms with Crippen molar-refractivity contribution in [1.29, 1.82) is 0 Å². The Balaban J connectivity index is 1.29. The Hall–Kier alpha value is -0.801. The molecule has 0 saturated heterocycles. The second-order valence-corrected chi connectivity index (χ2v) is 17.4. The molecule has 4 aliphatic carbocycles. The molecule has 5 heteroatoms. The van der Waals surface area contributed by atoms with Gasteiger partial charge in [-0.1, -0.05) is 13.8 Å². The van der Waals surface area contributed by atoms with E-state index in [-0.39, 0.29) is 25.2 Å². The number of carbonyl (C=O) groups is 1. The van der Waals surface area contributed by atoms with Gasteiger partial charge in [0.15, 0.2) is 0 Å². The van der Waals surface area contributed by atoms with Crippen molar-refractivity contribution in [2.24, 2.45) is 52.3 Å². The third kappa shape index (κ3) is 5.67. The number of carbonyl (C=O) groups excluding carboxylic acids is 1. The summed E-state index contributed by atoms with van der Waals surface area (Å²) in [5.74, 6) is 5.62. The van der Waals surface area contributed by atoms with Crippen molar-refractivity contribution in [2.45, 2.75) is 116 Å². The number of hydrogen-bond acceptors (Lipinski definition) is 1. The Morgan fingerprint density at radius 1 is 0.923 bits per heavy atom. The number of halogens is 3. The summed E-state index contributed by atoms with van der Waals surface area (Å²) >= 11 is -0.116. The average Bonchev–Trinajstić information content (AvgIpc) is 3.22. The van der Waals surface area contributed by atoms with Gasteiger partial charge in [-0.25, -0.2) is 0 Å². The number of alkyl halides is 3. The van der Waals surface area contributed by atoms with E-state index in [1.807, 2.05) is 0 Å². The Morgan fingerprint density at radius 3 is 2.28 bits per heavy atom. The van der Waals surface area contributed by atoms with E-state index in [4.69, 9.17) is 0 Å². The molecule has 1 nitrogen and oxygen atoms in total. The molecule has 9 atom stereocenters. The maximum atomic E-state index is 13.3. The molecule has 1 aromatic carbocycles. The third-order valence-corrected chi connectivity index (χ3v) is 14.8. The summed E-state index contributed by atoms with van der Waals surface area (Å²) in [6, 6.07) is 5.60. The molecule has 4 fully saturated rings. The standard InChI is InChI=1S/C34H49F3OSe/c1-21(2)7-6-8-22(3)27-15-16-28-26-14-11-24-19-30(38)31(20-33(24,5)29(26)17-18-32(27,28)4)39-25-12-9-23(10-13-25)34(35,36)37/h9-10,12-13,21-22,24,26-29,31H,6-8,11,14-20H2,1-5H3/t22-,24+,26+,27-,28+,29+,31-,32-,33+/m1/s1. The maximum absolute atomic E-state index is 13.3. The van der Waals surface area contributed by atoms with Gasteiger partial charge in [-0.05, 0) is 5.92 Å². The molecule has 0 spiro atoms. The van der Waals surface area contributed by atoms with Crippen molar-refractivity contribution >= 4 is 25.2 Å². The number of benzene rings is 1. The number of Topliss-reactive ketones (excluding diaryl/α,β-unsaturated/α-hetero) is 1. The van der Waals surface area contributed by atoms with Gasteiger partial charge in [0.05, 0.1) is 0 Å². The molecule has 0 amide bonds. The summed E-state index contributed by atoms with van der Waals surface area (Å²) in [7, 11) is 0. The first kappa shape index (κ1) is 29.7. The zero-order chi connectivity index (χ0) is 28.2. The van der Waals surface area contributed by atoms with Gasteiger partial charge in [-0.3, -0.25) is 0 Å². The van der Waals surface area contributed by atoms with Gasteiger partial charge in [0.2, 0.25) is 0 Å². The summed E-state index contributed by atoms with van der Waals surface area (Å²) < 4.78 is 40.1.